The highest BCUT2D eigenvalue weighted by molar-refractivity contribution is 6.35. The molecule has 0 bridgehead atoms. The fourth-order valence-corrected chi connectivity index (χ4v) is 3.31. The zero-order valence-electron chi connectivity index (χ0n) is 11.8. The van der Waals surface area contributed by atoms with E-state index in [4.69, 9.17) is 23.2 Å². The third-order valence-electron chi connectivity index (χ3n) is 3.70. The third kappa shape index (κ3) is 4.65. The lowest BCUT2D eigenvalue weighted by atomic mass is 9.98. The molecule has 124 valence electrons. The van der Waals surface area contributed by atoms with Crippen LogP contribution in [0.15, 0.2) is 12.1 Å². The van der Waals surface area contributed by atoms with Gasteiger partial charge in [0.05, 0.1) is 5.02 Å². The minimum atomic E-state index is -4.25. The lowest BCUT2D eigenvalue weighted by Crippen LogP contribution is -2.45. The molecule has 0 saturated carbocycles. The number of nitrogens with one attached hydrogen (secondary N) is 1. The first-order valence-corrected chi connectivity index (χ1v) is 7.73. The average molecular weight is 357 g/mol. The number of benzene rings is 1. The van der Waals surface area contributed by atoms with E-state index < -0.39 is 18.6 Å². The molecule has 1 aliphatic heterocycles. The molecule has 2 rings (SSSR count). The summed E-state index contributed by atoms with van der Waals surface area (Å²) < 4.78 is 37.8. The Bertz CT molecular complexity index is 496. The van der Waals surface area contributed by atoms with Gasteiger partial charge in [-0.05, 0) is 18.6 Å². The molecule has 0 unspecified atom stereocenters. The van der Waals surface area contributed by atoms with E-state index in [9.17, 15) is 18.3 Å². The predicted octanol–water partition coefficient (Wildman–Crippen LogP) is 3.99. The molecule has 0 aliphatic carbocycles. The third-order valence-corrected chi connectivity index (χ3v) is 4.23. The minimum absolute atomic E-state index is 0.154. The molecule has 1 saturated heterocycles. The van der Waals surface area contributed by atoms with Gasteiger partial charge in [-0.2, -0.15) is 13.2 Å². The summed E-state index contributed by atoms with van der Waals surface area (Å²) >= 11 is 11.9. The van der Waals surface area contributed by atoms with Gasteiger partial charge >= 0.3 is 6.18 Å². The number of phenolic OH excluding ortho intramolecular Hbond substituents is 1. The molecular formula is C14H17Cl2F3N2O. The van der Waals surface area contributed by atoms with Gasteiger partial charge in [0.2, 0.25) is 0 Å². The number of alkyl halides is 3. The van der Waals surface area contributed by atoms with Crippen LogP contribution in [0.25, 0.3) is 0 Å². The van der Waals surface area contributed by atoms with Gasteiger partial charge in [0.15, 0.2) is 0 Å². The maximum atomic E-state index is 12.6. The number of aromatic hydroxyl groups is 1. The van der Waals surface area contributed by atoms with Gasteiger partial charge in [-0.1, -0.05) is 23.2 Å². The quantitative estimate of drug-likeness (QED) is 0.856. The highest BCUT2D eigenvalue weighted by Crippen LogP contribution is 2.41. The SMILES string of the molecule is Oc1cc(Cl)cc(Cl)c1[C@H](CCC(F)(F)F)N1CCNCC1. The van der Waals surface area contributed by atoms with Crippen molar-refractivity contribution in [1.82, 2.24) is 10.2 Å². The second kappa shape index (κ2) is 7.25. The van der Waals surface area contributed by atoms with Crippen molar-refractivity contribution in [2.24, 2.45) is 0 Å². The summed E-state index contributed by atoms with van der Waals surface area (Å²) in [7, 11) is 0. The van der Waals surface area contributed by atoms with Crippen LogP contribution in [-0.4, -0.2) is 42.4 Å². The van der Waals surface area contributed by atoms with Gasteiger partial charge < -0.3 is 10.4 Å². The van der Waals surface area contributed by atoms with Gasteiger partial charge in [-0.3, -0.25) is 4.90 Å². The van der Waals surface area contributed by atoms with Crippen molar-refractivity contribution in [3.05, 3.63) is 27.7 Å². The van der Waals surface area contributed by atoms with Gasteiger partial charge in [0.1, 0.15) is 5.75 Å². The highest BCUT2D eigenvalue weighted by atomic mass is 35.5. The highest BCUT2D eigenvalue weighted by Gasteiger charge is 2.33. The molecule has 0 amide bonds. The zero-order chi connectivity index (χ0) is 16.3. The number of hydrogen-bond donors (Lipinski definition) is 2. The fraction of sp³-hybridized carbons (Fsp3) is 0.571. The first kappa shape index (κ1) is 17.7. The molecule has 0 aromatic heterocycles. The van der Waals surface area contributed by atoms with E-state index in [1.807, 2.05) is 4.90 Å². The van der Waals surface area contributed by atoms with E-state index in [0.29, 0.717) is 31.7 Å². The summed E-state index contributed by atoms with van der Waals surface area (Å²) in [4.78, 5) is 1.91. The molecule has 22 heavy (non-hydrogen) atoms. The summed E-state index contributed by atoms with van der Waals surface area (Å²) in [6, 6.07) is 2.17. The molecule has 8 heteroatoms. The molecule has 0 radical (unpaired) electrons. The first-order valence-electron chi connectivity index (χ1n) is 6.97. The van der Waals surface area contributed by atoms with E-state index in [1.54, 1.807) is 0 Å². The van der Waals surface area contributed by atoms with Gasteiger partial charge in [-0.25, -0.2) is 0 Å². The van der Waals surface area contributed by atoms with Crippen molar-refractivity contribution in [2.75, 3.05) is 26.2 Å². The molecule has 1 aromatic carbocycles. The van der Waals surface area contributed by atoms with Crippen LogP contribution in [-0.2, 0) is 0 Å². The Labute approximate surface area is 137 Å². The van der Waals surface area contributed by atoms with Gasteiger partial charge in [0.25, 0.3) is 0 Å². The lowest BCUT2D eigenvalue weighted by molar-refractivity contribution is -0.138. The van der Waals surface area contributed by atoms with Crippen molar-refractivity contribution in [3.63, 3.8) is 0 Å². The van der Waals surface area contributed by atoms with Crippen LogP contribution in [0.5, 0.6) is 5.75 Å². The molecule has 1 fully saturated rings. The molecule has 1 aromatic rings. The van der Waals surface area contributed by atoms with E-state index in [1.165, 1.54) is 12.1 Å². The van der Waals surface area contributed by atoms with Crippen LogP contribution in [0.4, 0.5) is 13.2 Å². The molecular weight excluding hydrogens is 340 g/mol. The number of hydrogen-bond acceptors (Lipinski definition) is 3. The van der Waals surface area contributed by atoms with Crippen LogP contribution in [0.3, 0.4) is 0 Å². The maximum Gasteiger partial charge on any atom is 0.389 e. The standard InChI is InChI=1S/C14H17Cl2F3N2O/c15-9-7-10(16)13(12(22)8-9)11(1-2-14(17,18)19)21-5-3-20-4-6-21/h7-8,11,20,22H,1-6H2/t11-/m0/s1. The molecule has 2 N–H and O–H groups in total. The van der Waals surface area contributed by atoms with Crippen molar-refractivity contribution in [2.45, 2.75) is 25.1 Å². The number of halogens is 5. The Morgan fingerprint density at radius 1 is 1.23 bits per heavy atom. The molecule has 1 aliphatic rings. The predicted molar refractivity (Wildman–Crippen MR) is 80.6 cm³/mol. The average Bonchev–Trinajstić information content (AvgIpc) is 2.41. The van der Waals surface area contributed by atoms with Crippen LogP contribution in [0.2, 0.25) is 10.0 Å². The second-order valence-electron chi connectivity index (χ2n) is 5.28. The van der Waals surface area contributed by atoms with Crippen LogP contribution >= 0.6 is 23.2 Å². The van der Waals surface area contributed by atoms with Crippen LogP contribution in [0.1, 0.15) is 24.4 Å². The summed E-state index contributed by atoms with van der Waals surface area (Å²) in [6.45, 7) is 2.57. The van der Waals surface area contributed by atoms with Crippen LogP contribution in [0, 0.1) is 0 Å². The van der Waals surface area contributed by atoms with E-state index in [-0.39, 0.29) is 22.2 Å². The Hall–Kier alpha value is -0.690. The summed E-state index contributed by atoms with van der Waals surface area (Å²) in [6.07, 6.45) is -5.33. The van der Waals surface area contributed by atoms with E-state index in [2.05, 4.69) is 5.32 Å². The van der Waals surface area contributed by atoms with Crippen LogP contribution < -0.4 is 5.32 Å². The topological polar surface area (TPSA) is 35.5 Å². The number of nitrogens with zero attached hydrogens (tertiary/aromatic N) is 1. The number of phenols is 1. The molecule has 1 heterocycles. The van der Waals surface area contributed by atoms with Crippen molar-refractivity contribution < 1.29 is 18.3 Å². The smallest absolute Gasteiger partial charge is 0.389 e. The Morgan fingerprint density at radius 2 is 1.86 bits per heavy atom. The first-order chi connectivity index (χ1) is 10.3. The van der Waals surface area contributed by atoms with E-state index in [0.717, 1.165) is 0 Å². The Kier molecular flexibility index (Phi) is 5.82. The van der Waals surface area contributed by atoms with Crippen molar-refractivity contribution in [1.29, 1.82) is 0 Å². The Balaban J connectivity index is 2.30. The van der Waals surface area contributed by atoms with Gasteiger partial charge in [0, 0.05) is 49.2 Å². The second-order valence-corrected chi connectivity index (χ2v) is 6.12. The largest absolute Gasteiger partial charge is 0.508 e. The summed E-state index contributed by atoms with van der Waals surface area (Å²) in [5.41, 5.74) is 0.317. The number of rotatable bonds is 4. The Morgan fingerprint density at radius 3 is 2.41 bits per heavy atom. The van der Waals surface area contributed by atoms with Crippen molar-refractivity contribution in [3.8, 4) is 5.75 Å². The summed E-state index contributed by atoms with van der Waals surface area (Å²) in [5, 5.41) is 13.7. The van der Waals surface area contributed by atoms with Crippen molar-refractivity contribution >= 4 is 23.2 Å². The monoisotopic (exact) mass is 356 g/mol. The lowest BCUT2D eigenvalue weighted by Gasteiger charge is -2.36. The normalized spacial score (nSPS) is 18.4. The van der Waals surface area contributed by atoms with E-state index >= 15 is 0 Å². The molecule has 0 spiro atoms. The minimum Gasteiger partial charge on any atom is -0.508 e. The molecule has 3 nitrogen and oxygen atoms in total. The molecule has 1 atom stereocenters. The van der Waals surface area contributed by atoms with Gasteiger partial charge in [-0.15, -0.1) is 0 Å². The fourth-order valence-electron chi connectivity index (χ4n) is 2.70. The zero-order valence-corrected chi connectivity index (χ0v) is 13.3. The maximum absolute atomic E-state index is 12.6. The number of piperazine rings is 1. The summed E-state index contributed by atoms with van der Waals surface area (Å²) in [5.74, 6) is -0.164.